The zero-order valence-electron chi connectivity index (χ0n) is 10.1. The van der Waals surface area contributed by atoms with Crippen molar-refractivity contribution in [3.05, 3.63) is 27.9 Å². The van der Waals surface area contributed by atoms with Gasteiger partial charge in [-0.25, -0.2) is 4.98 Å². The lowest BCUT2D eigenvalue weighted by Crippen LogP contribution is -2.48. The minimum Gasteiger partial charge on any atom is -0.394 e. The van der Waals surface area contributed by atoms with Gasteiger partial charge in [-0.2, -0.15) is 0 Å². The van der Waals surface area contributed by atoms with Gasteiger partial charge in [0.15, 0.2) is 0 Å². The molecule has 0 spiro atoms. The van der Waals surface area contributed by atoms with Crippen LogP contribution in [-0.2, 0) is 4.74 Å². The summed E-state index contributed by atoms with van der Waals surface area (Å²) in [5.74, 6) is 0.509. The maximum absolute atomic E-state index is 10.9. The molecular weight excluding hydrogens is 238 g/mol. The largest absolute Gasteiger partial charge is 0.394 e. The van der Waals surface area contributed by atoms with E-state index in [-0.39, 0.29) is 18.3 Å². The molecule has 2 heterocycles. The molecule has 0 bridgehead atoms. The molecule has 1 saturated heterocycles. The van der Waals surface area contributed by atoms with Crippen LogP contribution in [0, 0.1) is 17.0 Å². The summed E-state index contributed by atoms with van der Waals surface area (Å²) in [6, 6.07) is 1.25. The molecule has 1 aromatic rings. The Hall–Kier alpha value is -1.73. The second-order valence-corrected chi connectivity index (χ2v) is 4.19. The van der Waals surface area contributed by atoms with Crippen molar-refractivity contribution in [3.63, 3.8) is 0 Å². The number of hydrogen-bond acceptors (Lipinski definition) is 6. The molecule has 1 unspecified atom stereocenters. The van der Waals surface area contributed by atoms with Crippen LogP contribution in [-0.4, -0.2) is 47.4 Å². The van der Waals surface area contributed by atoms with Gasteiger partial charge < -0.3 is 14.7 Å². The van der Waals surface area contributed by atoms with Crippen molar-refractivity contribution in [3.8, 4) is 0 Å². The summed E-state index contributed by atoms with van der Waals surface area (Å²) < 4.78 is 5.26. The zero-order chi connectivity index (χ0) is 13.1. The Labute approximate surface area is 104 Å². The van der Waals surface area contributed by atoms with E-state index in [1.54, 1.807) is 6.92 Å². The number of anilines is 1. The molecule has 0 amide bonds. The average molecular weight is 253 g/mol. The first kappa shape index (κ1) is 12.7. The van der Waals surface area contributed by atoms with E-state index in [9.17, 15) is 15.2 Å². The van der Waals surface area contributed by atoms with Crippen LogP contribution in [0.15, 0.2) is 12.3 Å². The molecule has 0 aliphatic carbocycles. The third-order valence-electron chi connectivity index (χ3n) is 2.99. The van der Waals surface area contributed by atoms with E-state index in [1.165, 1.54) is 12.3 Å². The van der Waals surface area contributed by atoms with Gasteiger partial charge in [0.2, 0.25) is 0 Å². The van der Waals surface area contributed by atoms with Crippen LogP contribution in [0.25, 0.3) is 0 Å². The molecule has 1 aliphatic rings. The van der Waals surface area contributed by atoms with Gasteiger partial charge in [-0.3, -0.25) is 10.1 Å². The fourth-order valence-electron chi connectivity index (χ4n) is 1.96. The normalized spacial score (nSPS) is 19.9. The van der Waals surface area contributed by atoms with Gasteiger partial charge >= 0.3 is 0 Å². The van der Waals surface area contributed by atoms with Crippen molar-refractivity contribution in [2.75, 3.05) is 31.3 Å². The van der Waals surface area contributed by atoms with E-state index in [2.05, 4.69) is 4.98 Å². The van der Waals surface area contributed by atoms with Gasteiger partial charge in [-0.15, -0.1) is 0 Å². The standard InChI is InChI=1S/C11H15N3O4/c1-8-5-12-11(4-10(8)14(16)17)13-2-3-18-7-9(13)6-15/h4-5,9,15H,2-3,6-7H2,1H3. The lowest BCUT2D eigenvalue weighted by molar-refractivity contribution is -0.385. The van der Waals surface area contributed by atoms with Crippen molar-refractivity contribution in [2.24, 2.45) is 0 Å². The molecule has 1 N–H and O–H groups in total. The Morgan fingerprint density at radius 1 is 1.72 bits per heavy atom. The summed E-state index contributed by atoms with van der Waals surface area (Å²) in [4.78, 5) is 16.5. The van der Waals surface area contributed by atoms with Gasteiger partial charge in [0.05, 0.1) is 36.9 Å². The lowest BCUT2D eigenvalue weighted by atomic mass is 10.2. The molecule has 1 aliphatic heterocycles. The van der Waals surface area contributed by atoms with Crippen molar-refractivity contribution in [1.29, 1.82) is 0 Å². The molecule has 2 rings (SSSR count). The molecule has 0 radical (unpaired) electrons. The number of aliphatic hydroxyl groups is 1. The van der Waals surface area contributed by atoms with Crippen LogP contribution < -0.4 is 4.90 Å². The first-order valence-corrected chi connectivity index (χ1v) is 5.69. The van der Waals surface area contributed by atoms with Crippen molar-refractivity contribution < 1.29 is 14.8 Å². The summed E-state index contributed by atoms with van der Waals surface area (Å²) in [5.41, 5.74) is 0.570. The van der Waals surface area contributed by atoms with E-state index >= 15 is 0 Å². The summed E-state index contributed by atoms with van der Waals surface area (Å²) in [6.45, 7) is 3.08. The maximum atomic E-state index is 10.9. The Bertz CT molecular complexity index is 452. The number of aromatic nitrogens is 1. The smallest absolute Gasteiger partial charge is 0.277 e. The fraction of sp³-hybridized carbons (Fsp3) is 0.545. The number of hydrogen-bond donors (Lipinski definition) is 1. The first-order valence-electron chi connectivity index (χ1n) is 5.69. The van der Waals surface area contributed by atoms with Crippen LogP contribution in [0.4, 0.5) is 11.5 Å². The molecule has 98 valence electrons. The second kappa shape index (κ2) is 5.28. The number of pyridine rings is 1. The first-order chi connectivity index (χ1) is 8.63. The molecule has 0 aromatic carbocycles. The highest BCUT2D eigenvalue weighted by Crippen LogP contribution is 2.24. The third kappa shape index (κ3) is 2.41. The minimum atomic E-state index is -0.422. The molecular formula is C11H15N3O4. The monoisotopic (exact) mass is 253 g/mol. The van der Waals surface area contributed by atoms with Crippen LogP contribution in [0.5, 0.6) is 0 Å². The predicted octanol–water partition coefficient (Wildman–Crippen LogP) is 0.496. The average Bonchev–Trinajstić information content (AvgIpc) is 2.39. The third-order valence-corrected chi connectivity index (χ3v) is 2.99. The Kier molecular flexibility index (Phi) is 3.73. The molecule has 7 nitrogen and oxygen atoms in total. The Morgan fingerprint density at radius 2 is 2.50 bits per heavy atom. The van der Waals surface area contributed by atoms with Gasteiger partial charge in [-0.05, 0) is 6.92 Å². The van der Waals surface area contributed by atoms with E-state index < -0.39 is 4.92 Å². The van der Waals surface area contributed by atoms with Gasteiger partial charge in [0, 0.05) is 18.3 Å². The molecule has 1 fully saturated rings. The van der Waals surface area contributed by atoms with Crippen LogP contribution in [0.1, 0.15) is 5.56 Å². The van der Waals surface area contributed by atoms with Gasteiger partial charge in [0.25, 0.3) is 5.69 Å². The summed E-state index contributed by atoms with van der Waals surface area (Å²) in [7, 11) is 0. The highest BCUT2D eigenvalue weighted by molar-refractivity contribution is 5.51. The Balaban J connectivity index is 2.32. The lowest BCUT2D eigenvalue weighted by Gasteiger charge is -2.35. The second-order valence-electron chi connectivity index (χ2n) is 4.19. The van der Waals surface area contributed by atoms with Crippen LogP contribution in [0.2, 0.25) is 0 Å². The number of aliphatic hydroxyl groups excluding tert-OH is 1. The number of nitro groups is 1. The molecule has 1 atom stereocenters. The van der Waals surface area contributed by atoms with Crippen LogP contribution in [0.3, 0.4) is 0 Å². The van der Waals surface area contributed by atoms with Crippen molar-refractivity contribution in [2.45, 2.75) is 13.0 Å². The SMILES string of the molecule is Cc1cnc(N2CCOCC2CO)cc1[N+](=O)[O-]. The topological polar surface area (TPSA) is 88.7 Å². The Morgan fingerprint density at radius 3 is 3.17 bits per heavy atom. The van der Waals surface area contributed by atoms with Crippen LogP contribution >= 0.6 is 0 Å². The molecule has 18 heavy (non-hydrogen) atoms. The van der Waals surface area contributed by atoms with Crippen molar-refractivity contribution in [1.82, 2.24) is 4.98 Å². The number of aryl methyl sites for hydroxylation is 1. The van der Waals surface area contributed by atoms with Gasteiger partial charge in [-0.1, -0.05) is 0 Å². The number of ether oxygens (including phenoxy) is 1. The van der Waals surface area contributed by atoms with E-state index in [4.69, 9.17) is 4.74 Å². The highest BCUT2D eigenvalue weighted by Gasteiger charge is 2.25. The number of nitrogens with zero attached hydrogens (tertiary/aromatic N) is 3. The van der Waals surface area contributed by atoms with E-state index in [0.717, 1.165) is 0 Å². The van der Waals surface area contributed by atoms with E-state index in [0.29, 0.717) is 31.1 Å². The van der Waals surface area contributed by atoms with E-state index in [1.807, 2.05) is 4.90 Å². The summed E-state index contributed by atoms with van der Waals surface area (Å²) in [5, 5.41) is 20.2. The summed E-state index contributed by atoms with van der Waals surface area (Å²) in [6.07, 6.45) is 1.48. The predicted molar refractivity (Wildman–Crippen MR) is 64.7 cm³/mol. The fourth-order valence-corrected chi connectivity index (χ4v) is 1.96. The maximum Gasteiger partial charge on any atom is 0.277 e. The summed E-state index contributed by atoms with van der Waals surface area (Å²) >= 11 is 0. The highest BCUT2D eigenvalue weighted by atomic mass is 16.6. The zero-order valence-corrected chi connectivity index (χ0v) is 10.1. The number of rotatable bonds is 3. The van der Waals surface area contributed by atoms with Crippen molar-refractivity contribution >= 4 is 11.5 Å². The molecule has 0 saturated carbocycles. The molecule has 1 aromatic heterocycles. The molecule has 7 heteroatoms. The van der Waals surface area contributed by atoms with Gasteiger partial charge in [0.1, 0.15) is 5.82 Å². The minimum absolute atomic E-state index is 0.0446. The number of morpholine rings is 1. The quantitative estimate of drug-likeness (QED) is 0.623.